The molecule has 0 bridgehead atoms. The summed E-state index contributed by atoms with van der Waals surface area (Å²) in [6, 6.07) is 12.5. The molecule has 6 heterocycles. The van der Waals surface area contributed by atoms with Gasteiger partial charge in [0.15, 0.2) is 0 Å². The third-order valence-corrected chi connectivity index (χ3v) is 20.1. The molecule has 4 N–H and O–H groups in total. The molecule has 0 spiro atoms. The molecule has 4 aliphatic rings. The van der Waals surface area contributed by atoms with Crippen molar-refractivity contribution < 1.29 is 98.8 Å². The van der Waals surface area contributed by atoms with Gasteiger partial charge in [0.2, 0.25) is 41.4 Å². The normalized spacial score (nSPS) is 18.6. The number of nitrogens with one attached hydrogen (secondary N) is 4. The topological polar surface area (TPSA) is 413 Å². The third kappa shape index (κ3) is 31.3. The number of carbonyl (C=O) groups is 13. The molecule has 0 aliphatic carbocycles. The first-order valence-corrected chi connectivity index (χ1v) is 41.0. The van der Waals surface area contributed by atoms with E-state index in [1.165, 1.54) is 75.6 Å². The number of alkyl halides is 4. The van der Waals surface area contributed by atoms with Crippen LogP contribution in [0.1, 0.15) is 142 Å². The fraction of sp³-hybridized carbons (Fsp3) is 0.607. The maximum absolute atomic E-state index is 15.6. The number of rotatable bonds is 24. The number of ether oxygens (including phenoxy) is 4. The Balaban J connectivity index is 1.06. The van der Waals surface area contributed by atoms with Crippen LogP contribution in [0.5, 0.6) is 0 Å². The first-order valence-electron chi connectivity index (χ1n) is 41.0. The summed E-state index contributed by atoms with van der Waals surface area (Å²) in [5.41, 5.74) is -2.86. The fourth-order valence-electron chi connectivity index (χ4n) is 14.3. The van der Waals surface area contributed by atoms with Gasteiger partial charge in [-0.2, -0.15) is 10.5 Å². The van der Waals surface area contributed by atoms with Crippen LogP contribution in [0.3, 0.4) is 0 Å². The molecule has 8 rings (SSSR count). The number of halogens is 4. The highest BCUT2D eigenvalue weighted by atomic mass is 19.3. The van der Waals surface area contributed by atoms with Crippen molar-refractivity contribution in [2.75, 3.05) is 174 Å². The van der Waals surface area contributed by atoms with E-state index in [4.69, 9.17) is 18.9 Å². The number of nitrogens with zero attached hydrogens (tertiary/aromatic N) is 14. The molecule has 123 heavy (non-hydrogen) atoms. The Morgan fingerprint density at radius 2 is 0.683 bits per heavy atom. The molecule has 670 valence electrons. The van der Waals surface area contributed by atoms with Crippen molar-refractivity contribution in [1.82, 2.24) is 69.6 Å². The van der Waals surface area contributed by atoms with E-state index in [2.05, 4.69) is 31.2 Å². The smallest absolute Gasteiger partial charge is 0.320 e. The summed E-state index contributed by atoms with van der Waals surface area (Å²) < 4.78 is 79.9. The lowest BCUT2D eigenvalue weighted by Crippen LogP contribution is -2.53. The second-order valence-corrected chi connectivity index (χ2v) is 34.9. The molecular weight excluding hydrogens is 1610 g/mol. The molecule has 2 atom stereocenters. The van der Waals surface area contributed by atoms with Gasteiger partial charge in [-0.15, -0.1) is 0 Å². The molecule has 4 aliphatic heterocycles. The molecular formula is C84H114F4N18O17. The highest BCUT2D eigenvalue weighted by Crippen LogP contribution is 2.34. The van der Waals surface area contributed by atoms with Gasteiger partial charge >= 0.3 is 23.9 Å². The van der Waals surface area contributed by atoms with Crippen LogP contribution in [0.4, 0.5) is 28.9 Å². The first kappa shape index (κ1) is 97.3. The van der Waals surface area contributed by atoms with Crippen LogP contribution in [0, 0.1) is 22.7 Å². The maximum Gasteiger partial charge on any atom is 0.320 e. The van der Waals surface area contributed by atoms with Gasteiger partial charge in [-0.25, -0.2) is 17.6 Å². The number of fused-ring (bicyclic) bond motifs is 2. The summed E-state index contributed by atoms with van der Waals surface area (Å²) in [5.74, 6) is -15.0. The van der Waals surface area contributed by atoms with Gasteiger partial charge in [0.1, 0.15) is 34.5 Å². The quantitative estimate of drug-likeness (QED) is 0.0432. The Morgan fingerprint density at radius 3 is 0.984 bits per heavy atom. The number of hydrogen-bond donors (Lipinski definition) is 4. The van der Waals surface area contributed by atoms with E-state index in [1.807, 2.05) is 19.6 Å². The Kier molecular flexibility index (Phi) is 33.8. The van der Waals surface area contributed by atoms with Crippen LogP contribution in [-0.2, 0) is 71.7 Å². The Labute approximate surface area is 712 Å². The van der Waals surface area contributed by atoms with Gasteiger partial charge in [0.05, 0.1) is 105 Å². The molecule has 0 saturated carbocycles. The molecule has 0 unspecified atom stereocenters. The highest BCUT2D eigenvalue weighted by molar-refractivity contribution is 6.12. The van der Waals surface area contributed by atoms with Crippen molar-refractivity contribution in [2.45, 2.75) is 168 Å². The molecule has 39 heteroatoms. The maximum atomic E-state index is 15.6. The van der Waals surface area contributed by atoms with E-state index in [-0.39, 0.29) is 182 Å². The minimum absolute atomic E-state index is 0.00734. The SMILES string of the molecule is CC(C)(C)OC(=O)CN1CCN(CC(=O)OC(C)(C)C)CCN(CC(=O)N2CCN(C(=O)CCC(=O)Nc3cccc4c(C(=O)NCC(=O)N5CC(F)(F)C[C@H]5C#N)ccnc34)CCN(CC(=O)OC(C)(C)C)CCN(C(=O)CCC(=O)Nc3cccc4c(C(=O)NCC(=O)N5CC(F)(F)C[C@H]5C#N)ccnc34)CC2)CCN(CC(=O)OC(C)(C)C)CC1. The minimum Gasteiger partial charge on any atom is -0.459 e. The number of para-hydroxylation sites is 2. The summed E-state index contributed by atoms with van der Waals surface area (Å²) in [6.07, 6.45) is -0.752. The van der Waals surface area contributed by atoms with Crippen LogP contribution in [0.25, 0.3) is 21.8 Å². The summed E-state index contributed by atoms with van der Waals surface area (Å²) in [6.45, 7) is 17.0. The second-order valence-electron chi connectivity index (χ2n) is 34.9. The van der Waals surface area contributed by atoms with Gasteiger partial charge in [-0.3, -0.25) is 96.8 Å². The molecule has 35 nitrogen and oxygen atoms in total. The predicted octanol–water partition coefficient (Wildman–Crippen LogP) is 4.29. The monoisotopic (exact) mass is 1720 g/mol. The van der Waals surface area contributed by atoms with E-state index in [9.17, 15) is 85.6 Å². The van der Waals surface area contributed by atoms with Crippen molar-refractivity contribution in [3.8, 4) is 12.1 Å². The molecule has 0 radical (unpaired) electrons. The summed E-state index contributed by atoms with van der Waals surface area (Å²) in [5, 5.41) is 29.7. The average Bonchev–Trinajstić information content (AvgIpc) is 1.76. The summed E-state index contributed by atoms with van der Waals surface area (Å²) in [7, 11) is 0. The molecule has 4 aromatic rings. The van der Waals surface area contributed by atoms with Crippen LogP contribution in [-0.4, -0.2) is 346 Å². The van der Waals surface area contributed by atoms with E-state index < -0.39 is 188 Å². The zero-order chi connectivity index (χ0) is 90.5. The van der Waals surface area contributed by atoms with Gasteiger partial charge in [0, 0.05) is 166 Å². The second kappa shape index (κ2) is 42.8. The van der Waals surface area contributed by atoms with Crippen molar-refractivity contribution in [3.05, 3.63) is 72.1 Å². The number of pyridine rings is 2. The van der Waals surface area contributed by atoms with Crippen LogP contribution in [0.15, 0.2) is 60.9 Å². The minimum atomic E-state index is -3.29. The number of hydrogen-bond acceptors (Lipinski definition) is 26. The van der Waals surface area contributed by atoms with Crippen molar-refractivity contribution >= 4 is 110 Å². The lowest BCUT2D eigenvalue weighted by atomic mass is 10.1. The van der Waals surface area contributed by atoms with E-state index in [0.29, 0.717) is 9.80 Å². The summed E-state index contributed by atoms with van der Waals surface area (Å²) >= 11 is 0. The zero-order valence-corrected chi connectivity index (χ0v) is 72.1. The fourth-order valence-corrected chi connectivity index (χ4v) is 14.3. The van der Waals surface area contributed by atoms with E-state index >= 15 is 4.79 Å². The zero-order valence-electron chi connectivity index (χ0n) is 72.1. The number of carbonyl (C=O) groups excluding carboxylic acids is 13. The molecule has 2 aromatic heterocycles. The number of amides is 9. The standard InChI is InChI=1S/C84H114F4N18O17/c1-79(2,3)120-71(114)50-98-29-27-97(28-30-99(51-72(115)121-80(4,5)6)32-34-100(33-31-98)52-73(116)122-81(7,8)9)49-70(113)104-41-39-102(66(109)21-19-64(107)95-62-17-13-15-58-60(23-25-91-75(58)62)77(118)93-47-68(111)105-54-83(85,86)43-56(105)45-89)37-35-101(53-74(117)123-82(10,11)12)36-38-103(40-42-104)67(110)22-20-65(108)96-63-18-14-16-59-61(24-26-92-76(59)63)78(119)94-48-69(112)106-55-84(87,88)44-57(106)46-90/h13-18,23-26,56-57H,19-22,27-44,47-55H2,1-12H3,(H,93,118)(H,94,119)(H,95,107)(H,96,108)/t56-,57-/m0/s1. The van der Waals surface area contributed by atoms with Crippen molar-refractivity contribution in [2.24, 2.45) is 0 Å². The van der Waals surface area contributed by atoms with Crippen LogP contribution < -0.4 is 21.3 Å². The van der Waals surface area contributed by atoms with E-state index in [0.717, 1.165) is 0 Å². The van der Waals surface area contributed by atoms with Crippen molar-refractivity contribution in [1.29, 1.82) is 10.5 Å². The number of benzene rings is 2. The van der Waals surface area contributed by atoms with Crippen LogP contribution >= 0.6 is 0 Å². The Hall–Kier alpha value is -11.1. The lowest BCUT2D eigenvalue weighted by molar-refractivity contribution is -0.158. The van der Waals surface area contributed by atoms with Crippen molar-refractivity contribution in [3.63, 3.8) is 0 Å². The number of anilines is 2. The Bertz CT molecular complexity index is 4370. The number of nitriles is 2. The first-order chi connectivity index (χ1) is 57.6. The Morgan fingerprint density at radius 1 is 0.398 bits per heavy atom. The van der Waals surface area contributed by atoms with Gasteiger partial charge in [-0.1, -0.05) is 24.3 Å². The summed E-state index contributed by atoms with van der Waals surface area (Å²) in [4.78, 5) is 205. The molecule has 9 amide bonds. The molecule has 4 saturated heterocycles. The van der Waals surface area contributed by atoms with Gasteiger partial charge in [-0.05, 0) is 107 Å². The molecule has 2 aromatic carbocycles. The average molecular weight is 1720 g/mol. The van der Waals surface area contributed by atoms with Gasteiger partial charge in [0.25, 0.3) is 23.7 Å². The predicted molar refractivity (Wildman–Crippen MR) is 441 cm³/mol. The lowest BCUT2D eigenvalue weighted by Gasteiger charge is -2.36. The van der Waals surface area contributed by atoms with E-state index in [1.54, 1.807) is 100 Å². The number of likely N-dealkylation sites (tertiary alicyclic amines) is 2. The molecule has 4 fully saturated rings. The highest BCUT2D eigenvalue weighted by Gasteiger charge is 2.49. The third-order valence-electron chi connectivity index (χ3n) is 20.1. The largest absolute Gasteiger partial charge is 0.459 e. The number of esters is 4. The number of aromatic nitrogens is 2. The van der Waals surface area contributed by atoms with Gasteiger partial charge < -0.3 is 64.7 Å². The van der Waals surface area contributed by atoms with Crippen LogP contribution in [0.2, 0.25) is 0 Å².